The molecule has 1 atom stereocenters. The molecule has 0 bridgehead atoms. The summed E-state index contributed by atoms with van der Waals surface area (Å²) in [6, 6.07) is 12.8. The number of ether oxygens (including phenoxy) is 2. The van der Waals surface area contributed by atoms with Gasteiger partial charge in [0.2, 0.25) is 11.8 Å². The van der Waals surface area contributed by atoms with Crippen molar-refractivity contribution in [1.29, 1.82) is 0 Å². The zero-order valence-electron chi connectivity index (χ0n) is 20.3. The number of methoxy groups -OCH3 is 2. The average molecular weight is 487 g/mol. The summed E-state index contributed by atoms with van der Waals surface area (Å²) < 4.78 is 10.7. The van der Waals surface area contributed by atoms with Crippen molar-refractivity contribution in [1.82, 2.24) is 10.2 Å². The summed E-state index contributed by atoms with van der Waals surface area (Å²) in [7, 11) is 3.19. The van der Waals surface area contributed by atoms with Gasteiger partial charge in [-0.25, -0.2) is 0 Å². The van der Waals surface area contributed by atoms with Gasteiger partial charge in [0.1, 0.15) is 6.04 Å². The van der Waals surface area contributed by atoms with Crippen LogP contribution in [-0.2, 0) is 22.6 Å². The molecule has 1 aliphatic rings. The van der Waals surface area contributed by atoms with E-state index in [0.29, 0.717) is 35.9 Å². The highest BCUT2D eigenvalue weighted by Crippen LogP contribution is 2.28. The molecule has 3 rings (SSSR count). The number of halogens is 1. The fourth-order valence-corrected chi connectivity index (χ4v) is 4.63. The Hall–Kier alpha value is -2.73. The Kier molecular flexibility index (Phi) is 9.63. The molecule has 2 aromatic rings. The summed E-state index contributed by atoms with van der Waals surface area (Å²) in [5, 5.41) is 3.82. The predicted molar refractivity (Wildman–Crippen MR) is 134 cm³/mol. The van der Waals surface area contributed by atoms with E-state index in [-0.39, 0.29) is 24.3 Å². The fourth-order valence-electron chi connectivity index (χ4n) is 4.50. The standard InChI is InChI=1S/C27H35ClN2O4/c1-4-23(27(32)29-22-7-5-6-8-22)30(18-20-9-13-21(28)14-10-20)26(31)16-12-19-11-15-24(33-2)25(17-19)34-3/h9-11,13-15,17,22-23H,4-8,12,16,18H2,1-3H3,(H,29,32)/t23-/m0/s1. The van der Waals surface area contributed by atoms with Crippen molar-refractivity contribution < 1.29 is 19.1 Å². The predicted octanol–water partition coefficient (Wildman–Crippen LogP) is 5.16. The Morgan fingerprint density at radius 2 is 1.68 bits per heavy atom. The number of carbonyl (C=O) groups is 2. The second kappa shape index (κ2) is 12.7. The minimum absolute atomic E-state index is 0.0573. The molecule has 0 unspecified atom stereocenters. The van der Waals surface area contributed by atoms with Crippen LogP contribution in [-0.4, -0.2) is 43.0 Å². The largest absolute Gasteiger partial charge is 0.493 e. The van der Waals surface area contributed by atoms with Crippen LogP contribution < -0.4 is 14.8 Å². The maximum Gasteiger partial charge on any atom is 0.243 e. The molecule has 0 spiro atoms. The molecule has 0 aliphatic heterocycles. The molecule has 1 aliphatic carbocycles. The van der Waals surface area contributed by atoms with E-state index < -0.39 is 6.04 Å². The second-order valence-corrected chi connectivity index (χ2v) is 9.19. The lowest BCUT2D eigenvalue weighted by atomic mass is 10.1. The van der Waals surface area contributed by atoms with Gasteiger partial charge in [-0.3, -0.25) is 9.59 Å². The number of amides is 2. The third kappa shape index (κ3) is 6.89. The molecule has 184 valence electrons. The van der Waals surface area contributed by atoms with E-state index in [0.717, 1.165) is 36.8 Å². The number of carbonyl (C=O) groups excluding carboxylic acids is 2. The lowest BCUT2D eigenvalue weighted by molar-refractivity contribution is -0.141. The summed E-state index contributed by atoms with van der Waals surface area (Å²) in [4.78, 5) is 28.4. The van der Waals surface area contributed by atoms with Gasteiger partial charge >= 0.3 is 0 Å². The Labute approximate surface area is 207 Å². The molecule has 0 aromatic heterocycles. The minimum Gasteiger partial charge on any atom is -0.493 e. The van der Waals surface area contributed by atoms with Crippen molar-refractivity contribution >= 4 is 23.4 Å². The highest BCUT2D eigenvalue weighted by Gasteiger charge is 2.30. The zero-order chi connectivity index (χ0) is 24.5. The number of rotatable bonds is 11. The lowest BCUT2D eigenvalue weighted by Gasteiger charge is -2.31. The van der Waals surface area contributed by atoms with Crippen LogP contribution in [0.2, 0.25) is 5.02 Å². The lowest BCUT2D eigenvalue weighted by Crippen LogP contribution is -2.51. The van der Waals surface area contributed by atoms with Crippen LogP contribution in [0.1, 0.15) is 56.6 Å². The highest BCUT2D eigenvalue weighted by atomic mass is 35.5. The summed E-state index contributed by atoms with van der Waals surface area (Å²) in [5.74, 6) is 1.16. The molecular formula is C27H35ClN2O4. The molecule has 2 aromatic carbocycles. The van der Waals surface area contributed by atoms with E-state index in [9.17, 15) is 9.59 Å². The first-order valence-corrected chi connectivity index (χ1v) is 12.4. The molecule has 0 saturated heterocycles. The number of hydrogen-bond acceptors (Lipinski definition) is 4. The Bertz CT molecular complexity index is 958. The van der Waals surface area contributed by atoms with Gasteiger partial charge in [-0.1, -0.05) is 49.6 Å². The quantitative estimate of drug-likeness (QED) is 0.476. The SMILES string of the molecule is CC[C@@H](C(=O)NC1CCCC1)N(Cc1ccc(Cl)cc1)C(=O)CCc1ccc(OC)c(OC)c1. The number of aryl methyl sites for hydroxylation is 1. The van der Waals surface area contributed by atoms with Crippen LogP contribution in [0, 0.1) is 0 Å². The first-order valence-electron chi connectivity index (χ1n) is 12.0. The van der Waals surface area contributed by atoms with Crippen LogP contribution >= 0.6 is 11.6 Å². The van der Waals surface area contributed by atoms with E-state index in [2.05, 4.69) is 5.32 Å². The first kappa shape index (κ1) is 25.9. The zero-order valence-corrected chi connectivity index (χ0v) is 21.1. The summed E-state index contributed by atoms with van der Waals surface area (Å²) in [6.07, 6.45) is 5.67. The van der Waals surface area contributed by atoms with Crippen LogP contribution in [0.3, 0.4) is 0 Å². The molecule has 1 saturated carbocycles. The minimum atomic E-state index is -0.519. The second-order valence-electron chi connectivity index (χ2n) is 8.75. The summed E-state index contributed by atoms with van der Waals surface area (Å²) in [5.41, 5.74) is 1.91. The van der Waals surface area contributed by atoms with Gasteiger partial charge in [0.25, 0.3) is 0 Å². The highest BCUT2D eigenvalue weighted by molar-refractivity contribution is 6.30. The van der Waals surface area contributed by atoms with Crippen molar-refractivity contribution in [3.63, 3.8) is 0 Å². The van der Waals surface area contributed by atoms with Crippen LogP contribution in [0.25, 0.3) is 0 Å². The van der Waals surface area contributed by atoms with Gasteiger partial charge in [-0.15, -0.1) is 0 Å². The molecule has 6 nitrogen and oxygen atoms in total. The van der Waals surface area contributed by atoms with E-state index >= 15 is 0 Å². The van der Waals surface area contributed by atoms with E-state index in [1.807, 2.05) is 49.4 Å². The first-order chi connectivity index (χ1) is 16.4. The van der Waals surface area contributed by atoms with Crippen molar-refractivity contribution in [2.24, 2.45) is 0 Å². The van der Waals surface area contributed by atoms with Gasteiger partial charge < -0.3 is 19.7 Å². The van der Waals surface area contributed by atoms with Gasteiger partial charge in [-0.2, -0.15) is 0 Å². The Morgan fingerprint density at radius 3 is 2.29 bits per heavy atom. The van der Waals surface area contributed by atoms with Crippen molar-refractivity contribution in [3.8, 4) is 11.5 Å². The van der Waals surface area contributed by atoms with Crippen LogP contribution in [0.4, 0.5) is 0 Å². The summed E-state index contributed by atoms with van der Waals surface area (Å²) in [6.45, 7) is 2.31. The number of nitrogens with zero attached hydrogens (tertiary/aromatic N) is 1. The molecule has 2 amide bonds. The molecule has 7 heteroatoms. The van der Waals surface area contributed by atoms with Gasteiger partial charge in [-0.05, 0) is 61.1 Å². The average Bonchev–Trinajstić information content (AvgIpc) is 3.36. The Morgan fingerprint density at radius 1 is 1.03 bits per heavy atom. The van der Waals surface area contributed by atoms with Crippen LogP contribution in [0.15, 0.2) is 42.5 Å². The van der Waals surface area contributed by atoms with Gasteiger partial charge in [0.15, 0.2) is 11.5 Å². The van der Waals surface area contributed by atoms with Crippen molar-refractivity contribution in [3.05, 3.63) is 58.6 Å². The molecule has 1 fully saturated rings. The number of benzene rings is 2. The molecule has 0 radical (unpaired) electrons. The van der Waals surface area contributed by atoms with Gasteiger partial charge in [0.05, 0.1) is 14.2 Å². The number of nitrogens with one attached hydrogen (secondary N) is 1. The van der Waals surface area contributed by atoms with E-state index in [1.165, 1.54) is 0 Å². The molecular weight excluding hydrogens is 452 g/mol. The third-order valence-electron chi connectivity index (χ3n) is 6.43. The molecule has 34 heavy (non-hydrogen) atoms. The van der Waals surface area contributed by atoms with Gasteiger partial charge in [0, 0.05) is 24.0 Å². The van der Waals surface area contributed by atoms with E-state index in [1.54, 1.807) is 19.1 Å². The Balaban J connectivity index is 1.76. The monoisotopic (exact) mass is 486 g/mol. The third-order valence-corrected chi connectivity index (χ3v) is 6.68. The maximum absolute atomic E-state index is 13.5. The van der Waals surface area contributed by atoms with E-state index in [4.69, 9.17) is 21.1 Å². The smallest absolute Gasteiger partial charge is 0.243 e. The topological polar surface area (TPSA) is 67.9 Å². The molecule has 1 N–H and O–H groups in total. The number of hydrogen-bond donors (Lipinski definition) is 1. The fraction of sp³-hybridized carbons (Fsp3) is 0.481. The van der Waals surface area contributed by atoms with Crippen molar-refractivity contribution in [2.75, 3.05) is 14.2 Å². The van der Waals surface area contributed by atoms with Crippen LogP contribution in [0.5, 0.6) is 11.5 Å². The normalized spacial score (nSPS) is 14.5. The summed E-state index contributed by atoms with van der Waals surface area (Å²) >= 11 is 6.05. The molecule has 0 heterocycles. The maximum atomic E-state index is 13.5. The van der Waals surface area contributed by atoms with Crippen molar-refractivity contribution in [2.45, 2.75) is 70.5 Å².